The number of nitrogens with one attached hydrogen (secondary N) is 1. The molecule has 8 heteroatoms. The first kappa shape index (κ1) is 16.9. The number of hydrogen-bond acceptors (Lipinski definition) is 5. The van der Waals surface area contributed by atoms with Crippen LogP contribution in [0.1, 0.15) is 18.1 Å². The van der Waals surface area contributed by atoms with Crippen LogP contribution in [0, 0.1) is 6.92 Å². The summed E-state index contributed by atoms with van der Waals surface area (Å²) >= 11 is 0. The molecule has 0 radical (unpaired) electrons. The number of rotatable bonds is 4. The molecule has 0 unspecified atom stereocenters. The number of imide groups is 1. The monoisotopic (exact) mass is 362 g/mol. The summed E-state index contributed by atoms with van der Waals surface area (Å²) in [6.45, 7) is 3.60. The number of aryl methyl sites for hydroxylation is 1. The highest BCUT2D eigenvalue weighted by molar-refractivity contribution is 6.23. The Kier molecular flexibility index (Phi) is 3.95. The minimum absolute atomic E-state index is 0.284. The van der Waals surface area contributed by atoms with Gasteiger partial charge in [0.2, 0.25) is 0 Å². The topological polar surface area (TPSA) is 93.0 Å². The third-order valence-electron chi connectivity index (χ3n) is 4.71. The molecule has 0 saturated carbocycles. The van der Waals surface area contributed by atoms with Crippen LogP contribution in [0.4, 0.5) is 10.5 Å². The van der Waals surface area contributed by atoms with Crippen LogP contribution in [-0.2, 0) is 11.2 Å². The van der Waals surface area contributed by atoms with Crippen LogP contribution >= 0.6 is 0 Å². The summed E-state index contributed by atoms with van der Waals surface area (Å²) in [6, 6.07) is 14.6. The summed E-state index contributed by atoms with van der Waals surface area (Å²) in [4.78, 5) is 27.1. The number of carbonyl (C=O) groups excluding carboxylic acids is 2. The molecule has 0 bridgehead atoms. The molecule has 3 aromatic rings. The van der Waals surface area contributed by atoms with Crippen molar-refractivity contribution in [2.75, 3.05) is 4.90 Å². The van der Waals surface area contributed by atoms with Crippen LogP contribution in [-0.4, -0.2) is 37.7 Å². The van der Waals surface area contributed by atoms with E-state index in [1.165, 1.54) is 15.9 Å². The predicted octanol–water partition coefficient (Wildman–Crippen LogP) is 2.03. The zero-order valence-corrected chi connectivity index (χ0v) is 15.0. The maximum absolute atomic E-state index is 13.2. The molecule has 136 valence electrons. The molecule has 1 aliphatic heterocycles. The third-order valence-corrected chi connectivity index (χ3v) is 4.71. The lowest BCUT2D eigenvalue weighted by Gasteiger charge is -2.22. The summed E-state index contributed by atoms with van der Waals surface area (Å²) in [5, 5.41) is 13.9. The van der Waals surface area contributed by atoms with Crippen LogP contribution < -0.4 is 10.2 Å². The Labute approximate surface area is 155 Å². The van der Waals surface area contributed by atoms with Gasteiger partial charge in [-0.25, -0.2) is 14.4 Å². The second kappa shape index (κ2) is 6.31. The van der Waals surface area contributed by atoms with Crippen molar-refractivity contribution in [2.24, 2.45) is 0 Å². The zero-order valence-electron chi connectivity index (χ0n) is 15.0. The van der Waals surface area contributed by atoms with Gasteiger partial charge in [0.25, 0.3) is 5.91 Å². The van der Waals surface area contributed by atoms with Crippen LogP contribution in [0.2, 0.25) is 0 Å². The van der Waals surface area contributed by atoms with Gasteiger partial charge in [-0.1, -0.05) is 36.4 Å². The van der Waals surface area contributed by atoms with Gasteiger partial charge in [0.1, 0.15) is 11.9 Å². The molecular formula is C19H18N6O2. The van der Waals surface area contributed by atoms with Crippen molar-refractivity contribution in [1.82, 2.24) is 25.5 Å². The SMILES string of the molecule is Cc1ccc(-n2cnnn2)cc1N1C(=O)N[C@@](C)(Cc2ccccc2)C1=O. The maximum atomic E-state index is 13.2. The number of aromatic nitrogens is 4. The van der Waals surface area contributed by atoms with Crippen molar-refractivity contribution in [3.63, 3.8) is 0 Å². The molecule has 2 heterocycles. The van der Waals surface area contributed by atoms with E-state index in [-0.39, 0.29) is 5.91 Å². The van der Waals surface area contributed by atoms with Crippen LogP contribution in [0.3, 0.4) is 0 Å². The Hall–Kier alpha value is -3.55. The smallest absolute Gasteiger partial charge is 0.323 e. The summed E-state index contributed by atoms with van der Waals surface area (Å²) < 4.78 is 1.48. The average Bonchev–Trinajstić information content (AvgIpc) is 3.25. The third kappa shape index (κ3) is 2.95. The standard InChI is InChI=1S/C19H18N6O2/c1-13-8-9-15(24-12-20-22-23-24)10-16(13)25-17(26)19(2,21-18(25)27)11-14-6-4-3-5-7-14/h3-10,12H,11H2,1-2H3,(H,21,27)/t19-/m0/s1. The van der Waals surface area contributed by atoms with Gasteiger partial charge in [0.15, 0.2) is 0 Å². The highest BCUT2D eigenvalue weighted by atomic mass is 16.2. The van der Waals surface area contributed by atoms with E-state index in [1.54, 1.807) is 13.0 Å². The van der Waals surface area contributed by atoms with Crippen molar-refractivity contribution < 1.29 is 9.59 Å². The molecular weight excluding hydrogens is 344 g/mol. The predicted molar refractivity (Wildman–Crippen MR) is 98.5 cm³/mol. The van der Waals surface area contributed by atoms with Gasteiger partial charge in [-0.2, -0.15) is 0 Å². The first-order chi connectivity index (χ1) is 13.0. The normalized spacial score (nSPS) is 19.4. The molecule has 0 spiro atoms. The molecule has 1 N–H and O–H groups in total. The highest BCUT2D eigenvalue weighted by Gasteiger charge is 2.48. The Balaban J connectivity index is 1.69. The van der Waals surface area contributed by atoms with Crippen molar-refractivity contribution in [3.05, 3.63) is 66.0 Å². The van der Waals surface area contributed by atoms with Crippen molar-refractivity contribution in [1.29, 1.82) is 0 Å². The van der Waals surface area contributed by atoms with Gasteiger partial charge in [0, 0.05) is 6.42 Å². The maximum Gasteiger partial charge on any atom is 0.329 e. The molecule has 1 saturated heterocycles. The largest absolute Gasteiger partial charge is 0.329 e. The molecule has 8 nitrogen and oxygen atoms in total. The fourth-order valence-corrected chi connectivity index (χ4v) is 3.29. The fraction of sp³-hybridized carbons (Fsp3) is 0.211. The van der Waals surface area contributed by atoms with E-state index in [4.69, 9.17) is 0 Å². The molecule has 1 fully saturated rings. The minimum atomic E-state index is -1.00. The summed E-state index contributed by atoms with van der Waals surface area (Å²) in [6.07, 6.45) is 1.88. The second-order valence-corrected chi connectivity index (χ2v) is 6.79. The number of hydrogen-bond donors (Lipinski definition) is 1. The molecule has 3 amide bonds. The van der Waals surface area contributed by atoms with E-state index in [0.717, 1.165) is 11.1 Å². The molecule has 1 aromatic heterocycles. The van der Waals surface area contributed by atoms with E-state index in [1.807, 2.05) is 49.4 Å². The molecule has 2 aromatic carbocycles. The van der Waals surface area contributed by atoms with Crippen molar-refractivity contribution in [2.45, 2.75) is 25.8 Å². The highest BCUT2D eigenvalue weighted by Crippen LogP contribution is 2.31. The van der Waals surface area contributed by atoms with E-state index in [2.05, 4.69) is 20.8 Å². The van der Waals surface area contributed by atoms with Crippen molar-refractivity contribution in [3.8, 4) is 5.69 Å². The van der Waals surface area contributed by atoms with Gasteiger partial charge >= 0.3 is 6.03 Å². The number of urea groups is 1. The number of nitrogens with zero attached hydrogens (tertiary/aromatic N) is 5. The lowest BCUT2D eigenvalue weighted by Crippen LogP contribution is -2.46. The second-order valence-electron chi connectivity index (χ2n) is 6.79. The van der Waals surface area contributed by atoms with Gasteiger partial charge in [0.05, 0.1) is 11.4 Å². The van der Waals surface area contributed by atoms with E-state index >= 15 is 0 Å². The average molecular weight is 362 g/mol. The van der Waals surface area contributed by atoms with Gasteiger partial charge < -0.3 is 5.32 Å². The molecule has 1 aliphatic rings. The van der Waals surface area contributed by atoms with Gasteiger partial charge in [-0.15, -0.1) is 5.10 Å². The van der Waals surface area contributed by atoms with Crippen LogP contribution in [0.5, 0.6) is 0 Å². The van der Waals surface area contributed by atoms with E-state index in [9.17, 15) is 9.59 Å². The Morgan fingerprint density at radius 3 is 2.59 bits per heavy atom. The number of anilines is 1. The lowest BCUT2D eigenvalue weighted by molar-refractivity contribution is -0.121. The zero-order chi connectivity index (χ0) is 19.0. The first-order valence-corrected chi connectivity index (χ1v) is 8.52. The number of amides is 3. The summed E-state index contributed by atoms with van der Waals surface area (Å²) in [5.41, 5.74) is 1.96. The van der Waals surface area contributed by atoms with Gasteiger partial charge in [-0.3, -0.25) is 4.79 Å². The minimum Gasteiger partial charge on any atom is -0.323 e. The Morgan fingerprint density at radius 1 is 1.11 bits per heavy atom. The molecule has 0 aliphatic carbocycles. The summed E-state index contributed by atoms with van der Waals surface area (Å²) in [5.74, 6) is -0.284. The van der Waals surface area contributed by atoms with E-state index < -0.39 is 11.6 Å². The van der Waals surface area contributed by atoms with E-state index in [0.29, 0.717) is 17.8 Å². The molecule has 4 rings (SSSR count). The van der Waals surface area contributed by atoms with Crippen molar-refractivity contribution >= 4 is 17.6 Å². The molecule has 27 heavy (non-hydrogen) atoms. The Morgan fingerprint density at radius 2 is 1.89 bits per heavy atom. The number of benzene rings is 2. The fourth-order valence-electron chi connectivity index (χ4n) is 3.29. The Bertz CT molecular complexity index is 1000. The van der Waals surface area contributed by atoms with Crippen LogP contribution in [0.15, 0.2) is 54.9 Å². The quantitative estimate of drug-likeness (QED) is 0.717. The number of carbonyl (C=O) groups is 2. The van der Waals surface area contributed by atoms with Crippen LogP contribution in [0.25, 0.3) is 5.69 Å². The number of tetrazole rings is 1. The lowest BCUT2D eigenvalue weighted by atomic mass is 9.92. The first-order valence-electron chi connectivity index (χ1n) is 8.52. The van der Waals surface area contributed by atoms with Gasteiger partial charge in [-0.05, 0) is 47.5 Å². The molecule has 1 atom stereocenters. The summed E-state index contributed by atoms with van der Waals surface area (Å²) in [7, 11) is 0.